The Labute approximate surface area is 153 Å². The Hall–Kier alpha value is -1.64. The fourth-order valence-corrected chi connectivity index (χ4v) is 3.96. The smallest absolute Gasteiger partial charge is 0.241 e. The Balaban J connectivity index is 0.00000225. The van der Waals surface area contributed by atoms with E-state index in [2.05, 4.69) is 15.7 Å². The predicted molar refractivity (Wildman–Crippen MR) is 95.3 cm³/mol. The van der Waals surface area contributed by atoms with Crippen molar-refractivity contribution in [1.29, 1.82) is 0 Å². The molecule has 1 heterocycles. The molecule has 2 bridgehead atoms. The number of hydrogen-bond donors (Lipinski definition) is 3. The first kappa shape index (κ1) is 19.7. The third kappa shape index (κ3) is 4.50. The molecule has 4 N–H and O–H groups in total. The van der Waals surface area contributed by atoms with Gasteiger partial charge in [0.05, 0.1) is 24.4 Å². The molecule has 2 fully saturated rings. The van der Waals surface area contributed by atoms with Gasteiger partial charge in [-0.2, -0.15) is 5.10 Å². The van der Waals surface area contributed by atoms with E-state index >= 15 is 0 Å². The zero-order valence-electron chi connectivity index (χ0n) is 14.3. The van der Waals surface area contributed by atoms with Crippen molar-refractivity contribution in [2.45, 2.75) is 31.8 Å². The van der Waals surface area contributed by atoms with Crippen molar-refractivity contribution in [3.63, 3.8) is 0 Å². The minimum absolute atomic E-state index is 0. The molecule has 25 heavy (non-hydrogen) atoms. The molecule has 3 rings (SSSR count). The van der Waals surface area contributed by atoms with Gasteiger partial charge in [-0.1, -0.05) is 0 Å². The summed E-state index contributed by atoms with van der Waals surface area (Å²) in [6.45, 7) is 1.03. The number of amides is 2. The van der Waals surface area contributed by atoms with E-state index in [1.807, 2.05) is 0 Å². The minimum atomic E-state index is -0.150. The maximum Gasteiger partial charge on any atom is 0.241 e. The van der Waals surface area contributed by atoms with E-state index in [0.29, 0.717) is 30.7 Å². The molecule has 2 amide bonds. The molecular formula is C16H26ClN5O3. The van der Waals surface area contributed by atoms with Crippen molar-refractivity contribution in [2.75, 3.05) is 25.6 Å². The zero-order valence-corrected chi connectivity index (χ0v) is 15.1. The number of halogens is 1. The number of carbonyl (C=O) groups excluding carboxylic acids is 2. The molecule has 2 saturated carbocycles. The summed E-state index contributed by atoms with van der Waals surface area (Å²) in [5.41, 5.74) is 6.80. The fraction of sp³-hybridized carbons (Fsp3) is 0.688. The average molecular weight is 372 g/mol. The van der Waals surface area contributed by atoms with Gasteiger partial charge in [-0.05, 0) is 31.1 Å². The minimum Gasteiger partial charge on any atom is -0.383 e. The molecule has 0 spiro atoms. The van der Waals surface area contributed by atoms with Crippen LogP contribution in [-0.2, 0) is 20.9 Å². The molecule has 2 aliphatic carbocycles. The highest BCUT2D eigenvalue weighted by Gasteiger charge is 2.49. The van der Waals surface area contributed by atoms with Crippen LogP contribution in [0.4, 0.5) is 5.69 Å². The number of anilines is 1. The van der Waals surface area contributed by atoms with Crippen molar-refractivity contribution in [3.05, 3.63) is 12.4 Å². The Morgan fingerprint density at radius 3 is 2.84 bits per heavy atom. The lowest BCUT2D eigenvalue weighted by molar-refractivity contribution is -0.122. The third-order valence-corrected chi connectivity index (χ3v) is 5.12. The largest absolute Gasteiger partial charge is 0.383 e. The predicted octanol–water partition coefficient (Wildman–Crippen LogP) is 0.379. The molecule has 4 atom stereocenters. The maximum absolute atomic E-state index is 12.5. The summed E-state index contributed by atoms with van der Waals surface area (Å²) in [5.74, 6) is 0.613. The summed E-state index contributed by atoms with van der Waals surface area (Å²) < 4.78 is 6.37. The van der Waals surface area contributed by atoms with Crippen LogP contribution in [0.3, 0.4) is 0 Å². The highest BCUT2D eigenvalue weighted by molar-refractivity contribution is 5.93. The van der Waals surface area contributed by atoms with Gasteiger partial charge in [0, 0.05) is 25.9 Å². The first-order chi connectivity index (χ1) is 11.6. The Kier molecular flexibility index (Phi) is 6.80. The molecule has 0 saturated heterocycles. The number of aromatic nitrogens is 2. The number of nitrogens with two attached hydrogens (primary N) is 1. The fourth-order valence-electron chi connectivity index (χ4n) is 3.96. The summed E-state index contributed by atoms with van der Waals surface area (Å²) >= 11 is 0. The lowest BCUT2D eigenvalue weighted by Crippen LogP contribution is -2.42. The standard InChI is InChI=1S/C16H25N5O3.ClH/c1-24-5-4-18-13(22)9-21-8-12(7-19-21)20-16(23)14-10-2-3-11(6-10)15(14)17;/h7-8,10-11,14-15H,2-6,9,17H2,1H3,(H,18,22)(H,20,23);1H. The number of hydrogen-bond acceptors (Lipinski definition) is 5. The van der Waals surface area contributed by atoms with Crippen LogP contribution in [0.25, 0.3) is 0 Å². The molecule has 4 unspecified atom stereocenters. The maximum atomic E-state index is 12.5. The average Bonchev–Trinajstić information content (AvgIpc) is 3.24. The number of fused-ring (bicyclic) bond motifs is 2. The third-order valence-electron chi connectivity index (χ3n) is 5.12. The number of nitrogens with zero attached hydrogens (tertiary/aromatic N) is 2. The van der Waals surface area contributed by atoms with Crippen molar-refractivity contribution < 1.29 is 14.3 Å². The van der Waals surface area contributed by atoms with Crippen molar-refractivity contribution in [1.82, 2.24) is 15.1 Å². The van der Waals surface area contributed by atoms with E-state index in [0.717, 1.165) is 19.3 Å². The number of ether oxygens (including phenoxy) is 1. The molecule has 0 aromatic carbocycles. The van der Waals surface area contributed by atoms with E-state index < -0.39 is 0 Å². The van der Waals surface area contributed by atoms with Crippen molar-refractivity contribution in [3.8, 4) is 0 Å². The molecule has 1 aromatic heterocycles. The summed E-state index contributed by atoms with van der Waals surface area (Å²) in [6.07, 6.45) is 6.52. The molecule has 0 radical (unpaired) electrons. The quantitative estimate of drug-likeness (QED) is 0.600. The lowest BCUT2D eigenvalue weighted by Gasteiger charge is -2.26. The molecule has 0 aliphatic heterocycles. The van der Waals surface area contributed by atoms with Crippen molar-refractivity contribution >= 4 is 29.9 Å². The van der Waals surface area contributed by atoms with Gasteiger partial charge < -0.3 is 21.1 Å². The highest BCUT2D eigenvalue weighted by Crippen LogP contribution is 2.47. The number of rotatable bonds is 7. The molecule has 8 nitrogen and oxygen atoms in total. The topological polar surface area (TPSA) is 111 Å². The SMILES string of the molecule is COCCNC(=O)Cn1cc(NC(=O)C2C3CCC(C3)C2N)cn1.Cl. The van der Waals surface area contributed by atoms with E-state index in [-0.39, 0.29) is 42.7 Å². The summed E-state index contributed by atoms with van der Waals surface area (Å²) in [7, 11) is 1.58. The van der Waals surface area contributed by atoms with Crippen LogP contribution in [-0.4, -0.2) is 47.9 Å². The van der Waals surface area contributed by atoms with Gasteiger partial charge in [-0.3, -0.25) is 14.3 Å². The summed E-state index contributed by atoms with van der Waals surface area (Å²) in [4.78, 5) is 24.2. The Bertz CT molecular complexity index is 606. The molecular weight excluding hydrogens is 346 g/mol. The number of nitrogens with one attached hydrogen (secondary N) is 2. The van der Waals surface area contributed by atoms with Crippen LogP contribution < -0.4 is 16.4 Å². The van der Waals surface area contributed by atoms with Gasteiger partial charge in [-0.15, -0.1) is 12.4 Å². The number of methoxy groups -OCH3 is 1. The molecule has 1 aromatic rings. The molecule has 2 aliphatic rings. The van der Waals surface area contributed by atoms with E-state index in [4.69, 9.17) is 10.5 Å². The van der Waals surface area contributed by atoms with Gasteiger partial charge in [0.1, 0.15) is 6.54 Å². The first-order valence-electron chi connectivity index (χ1n) is 8.43. The monoisotopic (exact) mass is 371 g/mol. The number of carbonyl (C=O) groups is 2. The van der Waals surface area contributed by atoms with Crippen LogP contribution in [0, 0.1) is 17.8 Å². The van der Waals surface area contributed by atoms with Gasteiger partial charge in [0.25, 0.3) is 0 Å². The van der Waals surface area contributed by atoms with Gasteiger partial charge >= 0.3 is 0 Å². The van der Waals surface area contributed by atoms with E-state index in [1.165, 1.54) is 4.68 Å². The van der Waals surface area contributed by atoms with E-state index in [1.54, 1.807) is 19.5 Å². The van der Waals surface area contributed by atoms with Crippen LogP contribution >= 0.6 is 12.4 Å². The van der Waals surface area contributed by atoms with Crippen LogP contribution in [0.15, 0.2) is 12.4 Å². The van der Waals surface area contributed by atoms with Gasteiger partial charge in [0.15, 0.2) is 0 Å². The normalized spacial score (nSPS) is 27.0. The first-order valence-corrected chi connectivity index (χ1v) is 8.43. The van der Waals surface area contributed by atoms with E-state index in [9.17, 15) is 9.59 Å². The highest BCUT2D eigenvalue weighted by atomic mass is 35.5. The second-order valence-electron chi connectivity index (χ2n) is 6.69. The summed E-state index contributed by atoms with van der Waals surface area (Å²) in [6, 6.07) is -0.0367. The summed E-state index contributed by atoms with van der Waals surface area (Å²) in [5, 5.41) is 9.72. The molecule has 9 heteroatoms. The van der Waals surface area contributed by atoms with Gasteiger partial charge in [0.2, 0.25) is 11.8 Å². The zero-order chi connectivity index (χ0) is 17.1. The molecule has 140 valence electrons. The van der Waals surface area contributed by atoms with Crippen LogP contribution in [0.5, 0.6) is 0 Å². The van der Waals surface area contributed by atoms with Crippen LogP contribution in [0.1, 0.15) is 19.3 Å². The van der Waals surface area contributed by atoms with Crippen molar-refractivity contribution in [2.24, 2.45) is 23.5 Å². The van der Waals surface area contributed by atoms with Crippen LogP contribution in [0.2, 0.25) is 0 Å². The second-order valence-corrected chi connectivity index (χ2v) is 6.69. The Morgan fingerprint density at radius 2 is 2.16 bits per heavy atom. The van der Waals surface area contributed by atoms with Gasteiger partial charge in [-0.25, -0.2) is 0 Å². The Morgan fingerprint density at radius 1 is 1.40 bits per heavy atom. The second kappa shape index (κ2) is 8.64. The lowest BCUT2D eigenvalue weighted by atomic mass is 9.84.